The summed E-state index contributed by atoms with van der Waals surface area (Å²) >= 11 is 3.45. The fraction of sp³-hybridized carbons (Fsp3) is 0.182. The van der Waals surface area contributed by atoms with Crippen LogP contribution in [0.25, 0.3) is 5.69 Å². The maximum Gasteiger partial charge on any atom is 0.207 e. The lowest BCUT2D eigenvalue weighted by atomic mass is 10.2. The fourth-order valence-electron chi connectivity index (χ4n) is 1.57. The first-order valence-electron chi connectivity index (χ1n) is 4.70. The van der Waals surface area contributed by atoms with Gasteiger partial charge in [0.2, 0.25) is 5.95 Å². The van der Waals surface area contributed by atoms with E-state index in [2.05, 4.69) is 45.3 Å². The molecule has 0 unspecified atom stereocenters. The van der Waals surface area contributed by atoms with Crippen molar-refractivity contribution in [1.82, 2.24) is 9.55 Å². The zero-order valence-corrected chi connectivity index (χ0v) is 10.2. The van der Waals surface area contributed by atoms with Crippen LogP contribution >= 0.6 is 15.9 Å². The molecule has 1 heterocycles. The van der Waals surface area contributed by atoms with Gasteiger partial charge in [0.05, 0.1) is 5.69 Å². The lowest BCUT2D eigenvalue weighted by Crippen LogP contribution is -2.02. The summed E-state index contributed by atoms with van der Waals surface area (Å²) in [7, 11) is 1.87. The average Bonchev–Trinajstić information content (AvgIpc) is 2.65. The molecule has 0 saturated carbocycles. The Hall–Kier alpha value is -1.29. The van der Waals surface area contributed by atoms with Crippen LogP contribution in [0.3, 0.4) is 0 Å². The summed E-state index contributed by atoms with van der Waals surface area (Å²) < 4.78 is 3.12. The predicted octanol–water partition coefficient (Wildman–Crippen LogP) is 2.98. The van der Waals surface area contributed by atoms with Gasteiger partial charge in [-0.1, -0.05) is 15.9 Å². The van der Waals surface area contributed by atoms with Crippen LogP contribution in [-0.4, -0.2) is 16.6 Å². The van der Waals surface area contributed by atoms with Gasteiger partial charge in [-0.15, -0.1) is 0 Å². The van der Waals surface area contributed by atoms with Crippen molar-refractivity contribution in [3.05, 3.63) is 40.6 Å². The van der Waals surface area contributed by atoms with Crippen LogP contribution in [0.4, 0.5) is 5.95 Å². The minimum Gasteiger partial charge on any atom is -0.358 e. The highest BCUT2D eigenvalue weighted by molar-refractivity contribution is 9.10. The van der Waals surface area contributed by atoms with Gasteiger partial charge in [-0.3, -0.25) is 4.57 Å². The van der Waals surface area contributed by atoms with Gasteiger partial charge in [-0.2, -0.15) is 0 Å². The highest BCUT2D eigenvalue weighted by atomic mass is 79.9. The second-order valence-corrected chi connectivity index (χ2v) is 4.22. The third-order valence-electron chi connectivity index (χ3n) is 2.28. The molecule has 0 atom stereocenters. The quantitative estimate of drug-likeness (QED) is 0.905. The Kier molecular flexibility index (Phi) is 2.77. The number of nitrogens with one attached hydrogen (secondary N) is 1. The second kappa shape index (κ2) is 4.06. The van der Waals surface area contributed by atoms with Crippen LogP contribution in [0.15, 0.2) is 35.1 Å². The number of benzene rings is 1. The van der Waals surface area contributed by atoms with E-state index in [0.717, 1.165) is 16.1 Å². The third-order valence-corrected chi connectivity index (χ3v) is 2.78. The zero-order chi connectivity index (χ0) is 10.8. The first kappa shape index (κ1) is 10.2. The molecule has 0 fully saturated rings. The first-order valence-corrected chi connectivity index (χ1v) is 5.49. The molecule has 0 amide bonds. The number of hydrogen-bond donors (Lipinski definition) is 1. The molecule has 3 nitrogen and oxygen atoms in total. The van der Waals surface area contributed by atoms with Gasteiger partial charge in [-0.25, -0.2) is 4.98 Å². The molecule has 4 heteroatoms. The molecular weight excluding hydrogens is 254 g/mol. The number of aryl methyl sites for hydroxylation is 1. The van der Waals surface area contributed by atoms with Crippen LogP contribution in [0.2, 0.25) is 0 Å². The molecule has 15 heavy (non-hydrogen) atoms. The lowest BCUT2D eigenvalue weighted by molar-refractivity contribution is 1.04. The Morgan fingerprint density at radius 1 is 1.40 bits per heavy atom. The van der Waals surface area contributed by atoms with Gasteiger partial charge < -0.3 is 5.32 Å². The SMILES string of the molecule is CNc1nccn1-c1ccc(Br)cc1C. The smallest absolute Gasteiger partial charge is 0.207 e. The largest absolute Gasteiger partial charge is 0.358 e. The maximum absolute atomic E-state index is 4.21. The van der Waals surface area contributed by atoms with E-state index < -0.39 is 0 Å². The molecule has 0 radical (unpaired) electrons. The number of hydrogen-bond acceptors (Lipinski definition) is 2. The highest BCUT2D eigenvalue weighted by Crippen LogP contribution is 2.21. The second-order valence-electron chi connectivity index (χ2n) is 3.30. The van der Waals surface area contributed by atoms with E-state index in [1.807, 2.05) is 23.9 Å². The van der Waals surface area contributed by atoms with E-state index in [9.17, 15) is 0 Å². The topological polar surface area (TPSA) is 29.9 Å². The number of anilines is 1. The predicted molar refractivity (Wildman–Crippen MR) is 65.5 cm³/mol. The zero-order valence-electron chi connectivity index (χ0n) is 8.66. The van der Waals surface area contributed by atoms with Crippen LogP contribution in [-0.2, 0) is 0 Å². The Bertz CT molecular complexity index is 476. The van der Waals surface area contributed by atoms with Crippen molar-refractivity contribution in [2.75, 3.05) is 12.4 Å². The average molecular weight is 266 g/mol. The minimum absolute atomic E-state index is 0.848. The molecule has 1 aromatic heterocycles. The molecule has 2 aromatic rings. The van der Waals surface area contributed by atoms with Crippen LogP contribution in [0.1, 0.15) is 5.56 Å². The van der Waals surface area contributed by atoms with Crippen molar-refractivity contribution in [3.8, 4) is 5.69 Å². The van der Waals surface area contributed by atoms with E-state index >= 15 is 0 Å². The normalized spacial score (nSPS) is 10.3. The number of halogens is 1. The van der Waals surface area contributed by atoms with Crippen molar-refractivity contribution in [2.45, 2.75) is 6.92 Å². The van der Waals surface area contributed by atoms with E-state index in [1.165, 1.54) is 5.56 Å². The third kappa shape index (κ3) is 1.90. The summed E-state index contributed by atoms with van der Waals surface area (Å²) in [6, 6.07) is 6.19. The molecule has 2 rings (SSSR count). The molecule has 0 aliphatic rings. The standard InChI is InChI=1S/C11H12BrN3/c1-8-7-9(12)3-4-10(8)15-6-5-14-11(15)13-2/h3-7H,1-2H3,(H,13,14). The Balaban J connectivity index is 2.54. The summed E-state index contributed by atoms with van der Waals surface area (Å²) in [5.74, 6) is 0.848. The van der Waals surface area contributed by atoms with Crippen molar-refractivity contribution in [1.29, 1.82) is 0 Å². The van der Waals surface area contributed by atoms with Crippen molar-refractivity contribution in [2.24, 2.45) is 0 Å². The summed E-state index contributed by atoms with van der Waals surface area (Å²) in [6.45, 7) is 2.08. The number of imidazole rings is 1. The van der Waals surface area contributed by atoms with Gasteiger partial charge in [0.15, 0.2) is 0 Å². The molecule has 0 saturated heterocycles. The Morgan fingerprint density at radius 3 is 2.87 bits per heavy atom. The van der Waals surface area contributed by atoms with E-state index in [1.54, 1.807) is 6.20 Å². The van der Waals surface area contributed by atoms with Crippen LogP contribution < -0.4 is 5.32 Å². The number of nitrogens with zero attached hydrogens (tertiary/aromatic N) is 2. The molecule has 0 spiro atoms. The van der Waals surface area contributed by atoms with Gasteiger partial charge in [0.1, 0.15) is 0 Å². The lowest BCUT2D eigenvalue weighted by Gasteiger charge is -2.10. The summed E-state index contributed by atoms with van der Waals surface area (Å²) in [6.07, 6.45) is 3.73. The van der Waals surface area contributed by atoms with Gasteiger partial charge in [-0.05, 0) is 30.7 Å². The first-order chi connectivity index (χ1) is 7.22. The number of aromatic nitrogens is 2. The van der Waals surface area contributed by atoms with Crippen molar-refractivity contribution < 1.29 is 0 Å². The monoisotopic (exact) mass is 265 g/mol. The number of rotatable bonds is 2. The highest BCUT2D eigenvalue weighted by Gasteiger charge is 2.05. The maximum atomic E-state index is 4.21. The summed E-state index contributed by atoms with van der Waals surface area (Å²) in [5, 5.41) is 3.06. The van der Waals surface area contributed by atoms with E-state index in [-0.39, 0.29) is 0 Å². The molecule has 0 bridgehead atoms. The minimum atomic E-state index is 0.848. The van der Waals surface area contributed by atoms with Gasteiger partial charge >= 0.3 is 0 Å². The fourth-order valence-corrected chi connectivity index (χ4v) is 2.05. The molecule has 0 aliphatic heterocycles. The van der Waals surface area contributed by atoms with Gasteiger partial charge in [0, 0.05) is 23.9 Å². The van der Waals surface area contributed by atoms with Crippen LogP contribution in [0.5, 0.6) is 0 Å². The summed E-state index contributed by atoms with van der Waals surface area (Å²) in [5.41, 5.74) is 2.35. The molecule has 78 valence electrons. The summed E-state index contributed by atoms with van der Waals surface area (Å²) in [4.78, 5) is 4.21. The molecule has 0 aliphatic carbocycles. The van der Waals surface area contributed by atoms with E-state index in [4.69, 9.17) is 0 Å². The van der Waals surface area contributed by atoms with Crippen molar-refractivity contribution in [3.63, 3.8) is 0 Å². The van der Waals surface area contributed by atoms with Crippen LogP contribution in [0, 0.1) is 6.92 Å². The molecule has 1 N–H and O–H groups in total. The molecular formula is C11H12BrN3. The van der Waals surface area contributed by atoms with Crippen molar-refractivity contribution >= 4 is 21.9 Å². The van der Waals surface area contributed by atoms with Gasteiger partial charge in [0.25, 0.3) is 0 Å². The molecule has 1 aromatic carbocycles. The Morgan fingerprint density at radius 2 is 2.20 bits per heavy atom. The van der Waals surface area contributed by atoms with E-state index in [0.29, 0.717) is 0 Å². The Labute approximate surface area is 97.3 Å².